The van der Waals surface area contributed by atoms with E-state index in [4.69, 9.17) is 20.8 Å². The predicted molar refractivity (Wildman–Crippen MR) is 86.9 cm³/mol. The molecule has 22 heavy (non-hydrogen) atoms. The number of halogens is 1. The second-order valence-corrected chi connectivity index (χ2v) is 6.88. The highest BCUT2D eigenvalue weighted by atomic mass is 35.5. The normalized spacial score (nSPS) is 21.9. The highest BCUT2D eigenvalue weighted by molar-refractivity contribution is 6.30. The van der Waals surface area contributed by atoms with Crippen LogP contribution in [0.15, 0.2) is 34.9 Å². The van der Waals surface area contributed by atoms with Gasteiger partial charge in [0.1, 0.15) is 0 Å². The van der Waals surface area contributed by atoms with Crippen molar-refractivity contribution >= 4 is 11.6 Å². The number of nitrogens with zero attached hydrogens (tertiary/aromatic N) is 2. The molecular formula is C17H21ClN2O2. The third-order valence-electron chi connectivity index (χ3n) is 4.06. The van der Waals surface area contributed by atoms with Crippen LogP contribution in [0.25, 0.3) is 11.3 Å². The predicted octanol–water partition coefficient (Wildman–Crippen LogP) is 3.99. The van der Waals surface area contributed by atoms with Gasteiger partial charge in [0, 0.05) is 22.7 Å². The van der Waals surface area contributed by atoms with Crippen LogP contribution in [-0.4, -0.2) is 34.7 Å². The molecule has 3 rings (SSSR count). The molecule has 1 fully saturated rings. The molecule has 1 aromatic carbocycles. The molecule has 4 nitrogen and oxygen atoms in total. The summed E-state index contributed by atoms with van der Waals surface area (Å²) in [7, 11) is 0. The summed E-state index contributed by atoms with van der Waals surface area (Å²) < 4.78 is 11.6. The molecule has 1 saturated heterocycles. The zero-order valence-corrected chi connectivity index (χ0v) is 13.9. The van der Waals surface area contributed by atoms with Crippen molar-refractivity contribution in [2.24, 2.45) is 0 Å². The standard InChI is InChI=1S/C17H21ClN2O2/c1-12-9-20(17(2,3)11-21-12)10-16-19-8-15(22-16)13-4-6-14(18)7-5-13/h4-8,12H,9-11H2,1-3H3/t12-/m1/s1. The van der Waals surface area contributed by atoms with Gasteiger partial charge in [-0.05, 0) is 45.0 Å². The van der Waals surface area contributed by atoms with Crippen LogP contribution in [0, 0.1) is 0 Å². The Morgan fingerprint density at radius 2 is 2.05 bits per heavy atom. The van der Waals surface area contributed by atoms with Gasteiger partial charge in [0.25, 0.3) is 0 Å². The summed E-state index contributed by atoms with van der Waals surface area (Å²) in [5.74, 6) is 1.50. The third kappa shape index (κ3) is 3.35. The minimum atomic E-state index is -0.0125. The maximum Gasteiger partial charge on any atom is 0.209 e. The van der Waals surface area contributed by atoms with Gasteiger partial charge >= 0.3 is 0 Å². The Hall–Kier alpha value is -1.36. The van der Waals surface area contributed by atoms with E-state index in [1.807, 2.05) is 24.3 Å². The molecule has 1 atom stereocenters. The van der Waals surface area contributed by atoms with Crippen LogP contribution in [0.3, 0.4) is 0 Å². The van der Waals surface area contributed by atoms with Crippen LogP contribution in [0.1, 0.15) is 26.7 Å². The van der Waals surface area contributed by atoms with Gasteiger partial charge in [-0.1, -0.05) is 11.6 Å². The molecule has 0 spiro atoms. The van der Waals surface area contributed by atoms with Gasteiger partial charge in [-0.15, -0.1) is 0 Å². The zero-order valence-electron chi connectivity index (χ0n) is 13.2. The number of morpholine rings is 1. The van der Waals surface area contributed by atoms with E-state index in [-0.39, 0.29) is 11.6 Å². The first kappa shape index (κ1) is 15.5. The SMILES string of the molecule is C[C@@H]1CN(Cc2ncc(-c3ccc(Cl)cc3)o2)C(C)(C)CO1. The van der Waals surface area contributed by atoms with E-state index in [0.717, 1.165) is 30.4 Å². The average Bonchev–Trinajstić information content (AvgIpc) is 2.93. The lowest BCUT2D eigenvalue weighted by molar-refractivity contribution is -0.0972. The monoisotopic (exact) mass is 320 g/mol. The van der Waals surface area contributed by atoms with Gasteiger partial charge in [-0.2, -0.15) is 0 Å². The number of hydrogen-bond acceptors (Lipinski definition) is 4. The molecule has 1 aromatic heterocycles. The van der Waals surface area contributed by atoms with Gasteiger partial charge in [0.2, 0.25) is 5.89 Å². The summed E-state index contributed by atoms with van der Waals surface area (Å²) in [6, 6.07) is 7.58. The molecule has 0 radical (unpaired) electrons. The van der Waals surface area contributed by atoms with Gasteiger partial charge in [0.15, 0.2) is 5.76 Å². The number of benzene rings is 1. The molecule has 0 aliphatic carbocycles. The van der Waals surface area contributed by atoms with E-state index < -0.39 is 0 Å². The van der Waals surface area contributed by atoms with Crippen LogP contribution in [0.2, 0.25) is 5.02 Å². The summed E-state index contributed by atoms with van der Waals surface area (Å²) in [6.45, 7) is 8.75. The molecule has 1 aliphatic rings. The van der Waals surface area contributed by atoms with Crippen molar-refractivity contribution in [1.29, 1.82) is 0 Å². The van der Waals surface area contributed by atoms with Crippen molar-refractivity contribution in [3.63, 3.8) is 0 Å². The Balaban J connectivity index is 1.75. The Morgan fingerprint density at radius 3 is 2.77 bits per heavy atom. The quantitative estimate of drug-likeness (QED) is 0.857. The van der Waals surface area contributed by atoms with E-state index in [0.29, 0.717) is 11.6 Å². The van der Waals surface area contributed by atoms with E-state index in [9.17, 15) is 0 Å². The smallest absolute Gasteiger partial charge is 0.209 e. The number of hydrogen-bond donors (Lipinski definition) is 0. The minimum Gasteiger partial charge on any atom is -0.439 e. The summed E-state index contributed by atoms with van der Waals surface area (Å²) in [5.41, 5.74) is 0.972. The van der Waals surface area contributed by atoms with Gasteiger partial charge < -0.3 is 9.15 Å². The first-order valence-corrected chi connectivity index (χ1v) is 7.89. The van der Waals surface area contributed by atoms with Crippen molar-refractivity contribution in [2.75, 3.05) is 13.2 Å². The number of rotatable bonds is 3. The maximum absolute atomic E-state index is 5.91. The highest BCUT2D eigenvalue weighted by Gasteiger charge is 2.34. The molecule has 0 amide bonds. The van der Waals surface area contributed by atoms with Crippen LogP contribution < -0.4 is 0 Å². The maximum atomic E-state index is 5.91. The Kier molecular flexibility index (Phi) is 4.26. The first-order chi connectivity index (χ1) is 10.4. The van der Waals surface area contributed by atoms with Crippen LogP contribution in [-0.2, 0) is 11.3 Å². The molecule has 118 valence electrons. The molecule has 5 heteroatoms. The fraction of sp³-hybridized carbons (Fsp3) is 0.471. The van der Waals surface area contributed by atoms with Gasteiger partial charge in [0.05, 0.1) is 25.5 Å². The summed E-state index contributed by atoms with van der Waals surface area (Å²) in [6.07, 6.45) is 2.01. The fourth-order valence-electron chi connectivity index (χ4n) is 2.62. The van der Waals surface area contributed by atoms with E-state index in [2.05, 4.69) is 30.7 Å². The van der Waals surface area contributed by atoms with Crippen molar-refractivity contribution in [2.45, 2.75) is 39.0 Å². The molecular weight excluding hydrogens is 300 g/mol. The molecule has 0 bridgehead atoms. The van der Waals surface area contributed by atoms with E-state index in [1.165, 1.54) is 0 Å². The first-order valence-electron chi connectivity index (χ1n) is 7.51. The summed E-state index contributed by atoms with van der Waals surface area (Å²) in [4.78, 5) is 6.78. The molecule has 0 unspecified atom stereocenters. The largest absolute Gasteiger partial charge is 0.439 e. The lowest BCUT2D eigenvalue weighted by atomic mass is 10.0. The number of aromatic nitrogens is 1. The van der Waals surface area contributed by atoms with Gasteiger partial charge in [-0.25, -0.2) is 4.98 Å². The van der Waals surface area contributed by atoms with E-state index >= 15 is 0 Å². The second kappa shape index (κ2) is 6.03. The third-order valence-corrected chi connectivity index (χ3v) is 4.32. The zero-order chi connectivity index (χ0) is 15.7. The van der Waals surface area contributed by atoms with Crippen LogP contribution >= 0.6 is 11.6 Å². The minimum absolute atomic E-state index is 0.0125. The molecule has 0 N–H and O–H groups in total. The van der Waals surface area contributed by atoms with Crippen LogP contribution in [0.4, 0.5) is 0 Å². The topological polar surface area (TPSA) is 38.5 Å². The fourth-order valence-corrected chi connectivity index (χ4v) is 2.75. The summed E-state index contributed by atoms with van der Waals surface area (Å²) >= 11 is 5.91. The lowest BCUT2D eigenvalue weighted by Crippen LogP contribution is -2.54. The average molecular weight is 321 g/mol. The van der Waals surface area contributed by atoms with Crippen molar-refractivity contribution in [1.82, 2.24) is 9.88 Å². The molecule has 1 aliphatic heterocycles. The lowest BCUT2D eigenvalue weighted by Gasteiger charge is -2.43. The Morgan fingerprint density at radius 1 is 1.32 bits per heavy atom. The number of ether oxygens (including phenoxy) is 1. The molecule has 0 saturated carbocycles. The second-order valence-electron chi connectivity index (χ2n) is 6.44. The van der Waals surface area contributed by atoms with Gasteiger partial charge in [-0.3, -0.25) is 4.90 Å². The van der Waals surface area contributed by atoms with Crippen LogP contribution in [0.5, 0.6) is 0 Å². The summed E-state index contributed by atoms with van der Waals surface area (Å²) in [5, 5.41) is 0.715. The molecule has 2 heterocycles. The molecule has 2 aromatic rings. The van der Waals surface area contributed by atoms with Crippen molar-refractivity contribution in [3.8, 4) is 11.3 Å². The van der Waals surface area contributed by atoms with Crippen molar-refractivity contribution < 1.29 is 9.15 Å². The highest BCUT2D eigenvalue weighted by Crippen LogP contribution is 2.26. The van der Waals surface area contributed by atoms with E-state index in [1.54, 1.807) is 6.20 Å². The number of oxazole rings is 1. The Bertz CT molecular complexity index is 636. The van der Waals surface area contributed by atoms with Crippen molar-refractivity contribution in [3.05, 3.63) is 41.4 Å². The Labute approximate surface area is 136 Å².